The Bertz CT molecular complexity index is 518. The number of ether oxygens (including phenoxy) is 1. The van der Waals surface area contributed by atoms with Crippen molar-refractivity contribution in [3.05, 3.63) is 29.7 Å². The highest BCUT2D eigenvalue weighted by Gasteiger charge is 2.12. The summed E-state index contributed by atoms with van der Waals surface area (Å²) < 4.78 is 10.8. The van der Waals surface area contributed by atoms with Crippen LogP contribution in [-0.2, 0) is 0 Å². The Morgan fingerprint density at radius 2 is 2.00 bits per heavy atom. The van der Waals surface area contributed by atoms with E-state index in [-0.39, 0.29) is 0 Å². The van der Waals surface area contributed by atoms with Crippen LogP contribution in [0.25, 0.3) is 11.5 Å². The molecule has 0 radical (unpaired) electrons. The Hall–Kier alpha value is -1.84. The number of nitrogens with zero attached hydrogens (tertiary/aromatic N) is 2. The summed E-state index contributed by atoms with van der Waals surface area (Å²) in [6.45, 7) is 6.04. The minimum Gasteiger partial charge on any atom is -0.496 e. The fraction of sp³-hybridized carbons (Fsp3) is 0.385. The topological polar surface area (TPSA) is 48.2 Å². The lowest BCUT2D eigenvalue weighted by molar-refractivity contribution is 0.407. The van der Waals surface area contributed by atoms with E-state index in [9.17, 15) is 0 Å². The van der Waals surface area contributed by atoms with Gasteiger partial charge in [0, 0.05) is 12.5 Å². The molecule has 0 unspecified atom stereocenters. The van der Waals surface area contributed by atoms with Crippen molar-refractivity contribution in [3.63, 3.8) is 0 Å². The van der Waals surface area contributed by atoms with Crippen LogP contribution in [0.1, 0.15) is 31.2 Å². The molecule has 0 N–H and O–H groups in total. The SMILES string of the molecule is COc1cc(-c2nnc(C)o2)ccc1C(C)C. The number of benzene rings is 1. The first-order chi connectivity index (χ1) is 8.11. The molecule has 2 rings (SSSR count). The number of hydrogen-bond donors (Lipinski definition) is 0. The predicted octanol–water partition coefficient (Wildman–Crippen LogP) is 3.18. The third-order valence-electron chi connectivity index (χ3n) is 2.63. The van der Waals surface area contributed by atoms with Gasteiger partial charge in [-0.05, 0) is 23.6 Å². The minimum absolute atomic E-state index is 0.420. The largest absolute Gasteiger partial charge is 0.496 e. The summed E-state index contributed by atoms with van der Waals surface area (Å²) in [6.07, 6.45) is 0. The van der Waals surface area contributed by atoms with E-state index >= 15 is 0 Å². The van der Waals surface area contributed by atoms with Crippen molar-refractivity contribution in [1.82, 2.24) is 10.2 Å². The maximum Gasteiger partial charge on any atom is 0.247 e. The zero-order chi connectivity index (χ0) is 12.4. The van der Waals surface area contributed by atoms with Gasteiger partial charge in [-0.3, -0.25) is 0 Å². The summed E-state index contributed by atoms with van der Waals surface area (Å²) in [6, 6.07) is 5.95. The van der Waals surface area contributed by atoms with E-state index in [4.69, 9.17) is 9.15 Å². The zero-order valence-electron chi connectivity index (χ0n) is 10.5. The van der Waals surface area contributed by atoms with Gasteiger partial charge in [0.15, 0.2) is 0 Å². The average Bonchev–Trinajstić information content (AvgIpc) is 2.75. The van der Waals surface area contributed by atoms with E-state index in [1.807, 2.05) is 18.2 Å². The van der Waals surface area contributed by atoms with Crippen molar-refractivity contribution in [2.24, 2.45) is 0 Å². The molecular weight excluding hydrogens is 216 g/mol. The summed E-state index contributed by atoms with van der Waals surface area (Å²) in [5, 5.41) is 7.81. The fourth-order valence-electron chi connectivity index (χ4n) is 1.73. The van der Waals surface area contributed by atoms with E-state index in [1.54, 1.807) is 14.0 Å². The third kappa shape index (κ3) is 2.30. The quantitative estimate of drug-likeness (QED) is 0.815. The van der Waals surface area contributed by atoms with Crippen molar-refractivity contribution in [2.45, 2.75) is 26.7 Å². The summed E-state index contributed by atoms with van der Waals surface area (Å²) >= 11 is 0. The van der Waals surface area contributed by atoms with E-state index < -0.39 is 0 Å². The lowest BCUT2D eigenvalue weighted by atomic mass is 10.0. The number of aryl methyl sites for hydroxylation is 1. The van der Waals surface area contributed by atoms with E-state index in [2.05, 4.69) is 24.0 Å². The molecule has 4 heteroatoms. The first-order valence-corrected chi connectivity index (χ1v) is 5.60. The number of hydrogen-bond acceptors (Lipinski definition) is 4. The zero-order valence-corrected chi connectivity index (χ0v) is 10.5. The number of rotatable bonds is 3. The van der Waals surface area contributed by atoms with Gasteiger partial charge in [-0.15, -0.1) is 10.2 Å². The van der Waals surface area contributed by atoms with Crippen LogP contribution in [0, 0.1) is 6.92 Å². The molecule has 0 aliphatic heterocycles. The molecular formula is C13H16N2O2. The molecule has 1 heterocycles. The summed E-state index contributed by atoms with van der Waals surface area (Å²) in [4.78, 5) is 0. The molecule has 0 amide bonds. The number of aromatic nitrogens is 2. The van der Waals surface area contributed by atoms with Crippen LogP contribution in [0.15, 0.2) is 22.6 Å². The second-order valence-electron chi connectivity index (χ2n) is 4.24. The summed E-state index contributed by atoms with van der Waals surface area (Å²) in [7, 11) is 1.67. The van der Waals surface area contributed by atoms with Crippen molar-refractivity contribution in [1.29, 1.82) is 0 Å². The van der Waals surface area contributed by atoms with Crippen molar-refractivity contribution >= 4 is 0 Å². The van der Waals surface area contributed by atoms with Gasteiger partial charge < -0.3 is 9.15 Å². The Morgan fingerprint density at radius 3 is 2.53 bits per heavy atom. The van der Waals surface area contributed by atoms with Gasteiger partial charge in [0.1, 0.15) is 5.75 Å². The van der Waals surface area contributed by atoms with Crippen LogP contribution in [0.3, 0.4) is 0 Å². The van der Waals surface area contributed by atoms with Crippen molar-refractivity contribution < 1.29 is 9.15 Å². The second-order valence-corrected chi connectivity index (χ2v) is 4.24. The maximum atomic E-state index is 5.39. The van der Waals surface area contributed by atoms with Gasteiger partial charge >= 0.3 is 0 Å². The van der Waals surface area contributed by atoms with Gasteiger partial charge in [-0.2, -0.15) is 0 Å². The molecule has 1 aromatic heterocycles. The highest BCUT2D eigenvalue weighted by Crippen LogP contribution is 2.30. The molecule has 4 nitrogen and oxygen atoms in total. The minimum atomic E-state index is 0.420. The van der Waals surface area contributed by atoms with Crippen LogP contribution in [0.4, 0.5) is 0 Å². The molecule has 90 valence electrons. The van der Waals surface area contributed by atoms with E-state index in [1.165, 1.54) is 5.56 Å². The molecule has 0 bridgehead atoms. The highest BCUT2D eigenvalue weighted by molar-refractivity contribution is 5.58. The summed E-state index contributed by atoms with van der Waals surface area (Å²) in [5.74, 6) is 2.36. The lowest BCUT2D eigenvalue weighted by Gasteiger charge is -2.12. The van der Waals surface area contributed by atoms with Crippen molar-refractivity contribution in [3.8, 4) is 17.2 Å². The second kappa shape index (κ2) is 4.57. The van der Waals surface area contributed by atoms with Gasteiger partial charge in [-0.1, -0.05) is 19.9 Å². The maximum absolute atomic E-state index is 5.39. The molecule has 2 aromatic rings. The molecule has 0 fully saturated rings. The molecule has 0 atom stereocenters. The third-order valence-corrected chi connectivity index (χ3v) is 2.63. The van der Waals surface area contributed by atoms with E-state index in [0.29, 0.717) is 17.7 Å². The normalized spacial score (nSPS) is 10.9. The molecule has 0 aliphatic carbocycles. The van der Waals surface area contributed by atoms with Crippen LogP contribution in [0.2, 0.25) is 0 Å². The average molecular weight is 232 g/mol. The fourth-order valence-corrected chi connectivity index (χ4v) is 1.73. The monoisotopic (exact) mass is 232 g/mol. The van der Waals surface area contributed by atoms with Gasteiger partial charge in [0.05, 0.1) is 7.11 Å². The first kappa shape index (κ1) is 11.6. The van der Waals surface area contributed by atoms with Gasteiger partial charge in [-0.25, -0.2) is 0 Å². The summed E-state index contributed by atoms with van der Waals surface area (Å²) in [5.41, 5.74) is 2.05. The lowest BCUT2D eigenvalue weighted by Crippen LogP contribution is -1.94. The Labute approximate surface area is 101 Å². The molecule has 0 saturated heterocycles. The van der Waals surface area contributed by atoms with Crippen molar-refractivity contribution in [2.75, 3.05) is 7.11 Å². The van der Waals surface area contributed by atoms with Gasteiger partial charge in [0.2, 0.25) is 11.8 Å². The van der Waals surface area contributed by atoms with Crippen LogP contribution in [0.5, 0.6) is 5.75 Å². The molecule has 0 saturated carbocycles. The van der Waals surface area contributed by atoms with Crippen LogP contribution < -0.4 is 4.74 Å². The Kier molecular flexibility index (Phi) is 3.13. The molecule has 1 aromatic carbocycles. The number of methoxy groups -OCH3 is 1. The predicted molar refractivity (Wildman–Crippen MR) is 65.1 cm³/mol. The first-order valence-electron chi connectivity index (χ1n) is 5.60. The molecule has 17 heavy (non-hydrogen) atoms. The smallest absolute Gasteiger partial charge is 0.247 e. The van der Waals surface area contributed by atoms with E-state index in [0.717, 1.165) is 11.3 Å². The Morgan fingerprint density at radius 1 is 1.24 bits per heavy atom. The Balaban J connectivity index is 2.44. The standard InChI is InChI=1S/C13H16N2O2/c1-8(2)11-6-5-10(7-12(11)16-4)13-15-14-9(3)17-13/h5-8H,1-4H3. The van der Waals surface area contributed by atoms with Crippen LogP contribution in [-0.4, -0.2) is 17.3 Å². The van der Waals surface area contributed by atoms with Crippen LogP contribution >= 0.6 is 0 Å². The van der Waals surface area contributed by atoms with Gasteiger partial charge in [0.25, 0.3) is 0 Å². The molecule has 0 spiro atoms. The molecule has 0 aliphatic rings. The highest BCUT2D eigenvalue weighted by atomic mass is 16.5.